The summed E-state index contributed by atoms with van der Waals surface area (Å²) in [4.78, 5) is 14.5. The van der Waals surface area contributed by atoms with E-state index in [1.807, 2.05) is 0 Å². The van der Waals surface area contributed by atoms with E-state index >= 15 is 0 Å². The number of nitrogens with zero attached hydrogens (tertiary/aromatic N) is 1. The Morgan fingerprint density at radius 3 is 2.75 bits per heavy atom. The molecule has 1 saturated carbocycles. The van der Waals surface area contributed by atoms with E-state index in [2.05, 4.69) is 31.2 Å². The van der Waals surface area contributed by atoms with Crippen LogP contribution < -0.4 is 5.32 Å². The third kappa shape index (κ3) is 3.31. The van der Waals surface area contributed by atoms with E-state index < -0.39 is 5.60 Å². The molecule has 3 unspecified atom stereocenters. The van der Waals surface area contributed by atoms with Gasteiger partial charge in [0.2, 0.25) is 0 Å². The number of carbonyl (C=O) groups is 1. The third-order valence-corrected chi connectivity index (χ3v) is 6.19. The van der Waals surface area contributed by atoms with Crippen LogP contribution in [0.15, 0.2) is 0 Å². The molecule has 0 aromatic heterocycles. The molecule has 2 fully saturated rings. The first-order valence-corrected chi connectivity index (χ1v) is 8.79. The zero-order valence-electron chi connectivity index (χ0n) is 12.9. The maximum absolute atomic E-state index is 12.3. The fourth-order valence-electron chi connectivity index (χ4n) is 3.50. The summed E-state index contributed by atoms with van der Waals surface area (Å²) in [5, 5.41) is 13.4. The zero-order chi connectivity index (χ0) is 14.8. The fraction of sp³-hybridized carbons (Fsp3) is 0.933. The predicted molar refractivity (Wildman–Crippen MR) is 84.0 cm³/mol. The molecule has 3 atom stereocenters. The molecule has 2 rings (SSSR count). The smallest absolute Gasteiger partial charge is 0.252 e. The van der Waals surface area contributed by atoms with Crippen LogP contribution in [0.2, 0.25) is 0 Å². The number of rotatable bonds is 4. The topological polar surface area (TPSA) is 52.6 Å². The van der Waals surface area contributed by atoms with Crippen molar-refractivity contribution in [1.29, 1.82) is 0 Å². The second-order valence-electron chi connectivity index (χ2n) is 6.84. The van der Waals surface area contributed by atoms with E-state index in [0.29, 0.717) is 24.6 Å². The van der Waals surface area contributed by atoms with Gasteiger partial charge in [-0.3, -0.25) is 4.79 Å². The molecule has 1 aliphatic carbocycles. The second-order valence-corrected chi connectivity index (χ2v) is 7.94. The minimum Gasteiger partial charge on any atom is -0.379 e. The Kier molecular flexibility index (Phi) is 5.03. The summed E-state index contributed by atoms with van der Waals surface area (Å²) in [6.07, 6.45) is 5.32. The van der Waals surface area contributed by atoms with Crippen molar-refractivity contribution in [2.75, 3.05) is 32.1 Å². The Morgan fingerprint density at radius 2 is 2.20 bits per heavy atom. The van der Waals surface area contributed by atoms with Crippen molar-refractivity contribution in [3.05, 3.63) is 0 Å². The van der Waals surface area contributed by atoms with Crippen LogP contribution in [0, 0.1) is 5.92 Å². The molecule has 1 heterocycles. The Bertz CT molecular complexity index is 356. The Hall–Kier alpha value is -0.260. The minimum absolute atomic E-state index is 0.0510. The highest BCUT2D eigenvalue weighted by atomic mass is 32.2. The van der Waals surface area contributed by atoms with E-state index in [-0.39, 0.29) is 11.4 Å². The quantitative estimate of drug-likeness (QED) is 0.826. The lowest BCUT2D eigenvalue weighted by Crippen LogP contribution is -2.58. The number of likely N-dealkylation sites (N-methyl/N-ethyl adjacent to an activating group) is 1. The van der Waals surface area contributed by atoms with Gasteiger partial charge in [0.25, 0.3) is 5.91 Å². The van der Waals surface area contributed by atoms with E-state index in [1.54, 1.807) is 11.8 Å². The third-order valence-electron chi connectivity index (χ3n) is 5.02. The Labute approximate surface area is 126 Å². The average Bonchev–Trinajstić information content (AvgIpc) is 2.84. The van der Waals surface area contributed by atoms with Gasteiger partial charge in [-0.2, -0.15) is 11.8 Å². The maximum atomic E-state index is 12.3. The van der Waals surface area contributed by atoms with Gasteiger partial charge in [0.1, 0.15) is 0 Å². The molecule has 0 spiro atoms. The summed E-state index contributed by atoms with van der Waals surface area (Å²) < 4.78 is 0. The first-order chi connectivity index (χ1) is 9.38. The lowest BCUT2D eigenvalue weighted by molar-refractivity contribution is -0.138. The van der Waals surface area contributed by atoms with Gasteiger partial charge in [0.05, 0.1) is 0 Å². The SMILES string of the molecule is CC1CCCC(CNC(=O)C2(O)CCSC2)(N(C)C)C1. The van der Waals surface area contributed by atoms with E-state index in [1.165, 1.54) is 12.8 Å². The highest BCUT2D eigenvalue weighted by molar-refractivity contribution is 7.99. The van der Waals surface area contributed by atoms with Crippen molar-refractivity contribution in [2.45, 2.75) is 50.2 Å². The van der Waals surface area contributed by atoms with Crippen LogP contribution in [0.25, 0.3) is 0 Å². The van der Waals surface area contributed by atoms with Gasteiger partial charge in [0.15, 0.2) is 5.60 Å². The molecule has 2 N–H and O–H groups in total. The van der Waals surface area contributed by atoms with E-state index in [4.69, 9.17) is 0 Å². The molecule has 0 aromatic rings. The number of nitrogens with one attached hydrogen (secondary N) is 1. The first-order valence-electron chi connectivity index (χ1n) is 7.64. The Balaban J connectivity index is 1.97. The summed E-state index contributed by atoms with van der Waals surface area (Å²) in [6, 6.07) is 0. The number of hydrogen-bond acceptors (Lipinski definition) is 4. The highest BCUT2D eigenvalue weighted by Crippen LogP contribution is 2.35. The van der Waals surface area contributed by atoms with Crippen LogP contribution in [0.1, 0.15) is 39.0 Å². The molecular formula is C15H28N2O2S. The molecule has 1 amide bonds. The normalized spacial score (nSPS) is 38.1. The fourth-order valence-corrected chi connectivity index (χ4v) is 4.74. The van der Waals surface area contributed by atoms with Crippen molar-refractivity contribution in [3.63, 3.8) is 0 Å². The minimum atomic E-state index is -1.14. The lowest BCUT2D eigenvalue weighted by Gasteiger charge is -2.45. The van der Waals surface area contributed by atoms with Crippen LogP contribution >= 0.6 is 11.8 Å². The number of aliphatic hydroxyl groups is 1. The van der Waals surface area contributed by atoms with Gasteiger partial charge in [-0.15, -0.1) is 0 Å². The second kappa shape index (κ2) is 6.24. The summed E-state index contributed by atoms with van der Waals surface area (Å²) in [5.41, 5.74) is -1.09. The van der Waals surface area contributed by atoms with Crippen LogP contribution in [0.4, 0.5) is 0 Å². The van der Waals surface area contributed by atoms with Crippen LogP contribution in [0.3, 0.4) is 0 Å². The van der Waals surface area contributed by atoms with Gasteiger partial charge in [0, 0.05) is 17.8 Å². The van der Waals surface area contributed by atoms with E-state index in [9.17, 15) is 9.90 Å². The molecule has 4 nitrogen and oxygen atoms in total. The van der Waals surface area contributed by atoms with Crippen molar-refractivity contribution in [1.82, 2.24) is 10.2 Å². The van der Waals surface area contributed by atoms with Gasteiger partial charge in [-0.05, 0) is 45.0 Å². The maximum Gasteiger partial charge on any atom is 0.252 e. The zero-order valence-corrected chi connectivity index (χ0v) is 13.8. The molecule has 1 saturated heterocycles. The molecular weight excluding hydrogens is 272 g/mol. The number of carbonyl (C=O) groups excluding carboxylic acids is 1. The molecule has 0 radical (unpaired) electrons. The standard InChI is InChI=1S/C15H28N2O2S/c1-12-5-4-6-14(9-12,17(2)3)10-16-13(18)15(19)7-8-20-11-15/h12,19H,4-11H2,1-3H3,(H,16,18). The molecule has 5 heteroatoms. The molecule has 2 aliphatic rings. The summed E-state index contributed by atoms with van der Waals surface area (Å²) in [5.74, 6) is 1.93. The monoisotopic (exact) mass is 300 g/mol. The lowest BCUT2D eigenvalue weighted by atomic mass is 9.75. The van der Waals surface area contributed by atoms with Gasteiger partial charge in [-0.1, -0.05) is 19.8 Å². The van der Waals surface area contributed by atoms with Crippen LogP contribution in [-0.2, 0) is 4.79 Å². The van der Waals surface area contributed by atoms with Crippen molar-refractivity contribution >= 4 is 17.7 Å². The molecule has 116 valence electrons. The number of thioether (sulfide) groups is 1. The average molecular weight is 300 g/mol. The van der Waals surface area contributed by atoms with E-state index in [0.717, 1.165) is 18.6 Å². The van der Waals surface area contributed by atoms with Gasteiger partial charge in [-0.25, -0.2) is 0 Å². The number of hydrogen-bond donors (Lipinski definition) is 2. The van der Waals surface area contributed by atoms with Crippen molar-refractivity contribution in [3.8, 4) is 0 Å². The number of amides is 1. The molecule has 0 aromatic carbocycles. The predicted octanol–water partition coefficient (Wildman–Crippen LogP) is 1.48. The first kappa shape index (κ1) is 16.1. The largest absolute Gasteiger partial charge is 0.379 e. The van der Waals surface area contributed by atoms with Crippen LogP contribution in [-0.4, -0.2) is 59.2 Å². The van der Waals surface area contributed by atoms with Crippen molar-refractivity contribution < 1.29 is 9.90 Å². The molecule has 1 aliphatic heterocycles. The highest BCUT2D eigenvalue weighted by Gasteiger charge is 2.42. The summed E-state index contributed by atoms with van der Waals surface area (Å²) >= 11 is 1.66. The Morgan fingerprint density at radius 1 is 1.45 bits per heavy atom. The molecule has 20 heavy (non-hydrogen) atoms. The van der Waals surface area contributed by atoms with Crippen molar-refractivity contribution in [2.24, 2.45) is 5.92 Å². The summed E-state index contributed by atoms with van der Waals surface area (Å²) in [6.45, 7) is 2.94. The van der Waals surface area contributed by atoms with Gasteiger partial charge >= 0.3 is 0 Å². The van der Waals surface area contributed by atoms with Crippen LogP contribution in [0.5, 0.6) is 0 Å². The summed E-state index contributed by atoms with van der Waals surface area (Å²) in [7, 11) is 4.20. The van der Waals surface area contributed by atoms with Gasteiger partial charge < -0.3 is 15.3 Å². The molecule has 0 bridgehead atoms.